The Balaban J connectivity index is 1.97. The molecule has 0 aromatic heterocycles. The number of hydrogen-bond acceptors (Lipinski definition) is 1. The first-order valence-electron chi connectivity index (χ1n) is 7.50. The lowest BCUT2D eigenvalue weighted by Gasteiger charge is -2.37. The summed E-state index contributed by atoms with van der Waals surface area (Å²) in [6, 6.07) is 8.68. The van der Waals surface area contributed by atoms with E-state index in [0.717, 1.165) is 19.3 Å². The monoisotopic (exact) mass is 266 g/mol. The van der Waals surface area contributed by atoms with Crippen molar-refractivity contribution >= 4 is 6.08 Å². The fourth-order valence-electron chi connectivity index (χ4n) is 3.64. The molecule has 0 radical (unpaired) electrons. The van der Waals surface area contributed by atoms with Crippen LogP contribution in [0.15, 0.2) is 54.1 Å². The van der Waals surface area contributed by atoms with Crippen molar-refractivity contribution in [3.05, 3.63) is 65.3 Å². The third-order valence-corrected chi connectivity index (χ3v) is 4.84. The Morgan fingerprint density at radius 2 is 2.15 bits per heavy atom. The highest BCUT2D eigenvalue weighted by Crippen LogP contribution is 2.51. The van der Waals surface area contributed by atoms with Crippen molar-refractivity contribution in [3.63, 3.8) is 0 Å². The highest BCUT2D eigenvalue weighted by atomic mass is 16.2. The van der Waals surface area contributed by atoms with Gasteiger partial charge in [0.15, 0.2) is 0 Å². The largest absolute Gasteiger partial charge is 0.396 e. The molecule has 0 saturated heterocycles. The smallest absolute Gasteiger partial charge is 0.0431 e. The maximum Gasteiger partial charge on any atom is 0.0431 e. The van der Waals surface area contributed by atoms with Crippen molar-refractivity contribution in [1.29, 1.82) is 0 Å². The first-order chi connectivity index (χ1) is 9.75. The molecule has 0 saturated carbocycles. The van der Waals surface area contributed by atoms with Crippen molar-refractivity contribution in [2.24, 2.45) is 5.41 Å². The van der Waals surface area contributed by atoms with E-state index in [9.17, 15) is 5.11 Å². The van der Waals surface area contributed by atoms with E-state index < -0.39 is 0 Å². The highest BCUT2D eigenvalue weighted by molar-refractivity contribution is 5.63. The number of aliphatic hydroxyl groups is 1. The Labute approximate surface area is 121 Å². The molecule has 1 heteroatoms. The minimum absolute atomic E-state index is 0.106. The van der Waals surface area contributed by atoms with E-state index in [1.165, 1.54) is 16.7 Å². The molecule has 2 aliphatic rings. The van der Waals surface area contributed by atoms with Crippen molar-refractivity contribution in [3.8, 4) is 0 Å². The van der Waals surface area contributed by atoms with E-state index >= 15 is 0 Å². The number of benzene rings is 1. The molecular formula is C19H22O. The summed E-state index contributed by atoms with van der Waals surface area (Å²) < 4.78 is 0. The Bertz CT molecular complexity index is 579. The lowest BCUT2D eigenvalue weighted by Crippen LogP contribution is -2.26. The van der Waals surface area contributed by atoms with Crippen LogP contribution in [0.1, 0.15) is 43.2 Å². The van der Waals surface area contributed by atoms with Crippen LogP contribution in [0.4, 0.5) is 0 Å². The number of fused-ring (bicyclic) bond motifs is 1. The highest BCUT2D eigenvalue weighted by Gasteiger charge is 2.38. The molecule has 3 rings (SSSR count). The molecule has 1 aromatic rings. The van der Waals surface area contributed by atoms with Gasteiger partial charge in [-0.2, -0.15) is 0 Å². The number of hydrogen-bond donors (Lipinski definition) is 1. The zero-order valence-corrected chi connectivity index (χ0v) is 12.0. The first kappa shape index (κ1) is 13.4. The zero-order valence-electron chi connectivity index (χ0n) is 12.0. The molecular weight excluding hydrogens is 244 g/mol. The summed E-state index contributed by atoms with van der Waals surface area (Å²) in [7, 11) is 0. The number of allylic oxidation sites excluding steroid dienone is 5. The van der Waals surface area contributed by atoms with Gasteiger partial charge in [0.25, 0.3) is 0 Å². The third kappa shape index (κ3) is 2.16. The average Bonchev–Trinajstić information content (AvgIpc) is 3.14. The second-order valence-electron chi connectivity index (χ2n) is 6.03. The minimum atomic E-state index is 0.106. The predicted molar refractivity (Wildman–Crippen MR) is 84.5 cm³/mol. The maximum absolute atomic E-state index is 9.26. The molecule has 1 N–H and O–H groups in total. The topological polar surface area (TPSA) is 20.2 Å². The maximum atomic E-state index is 9.26. The Morgan fingerprint density at radius 3 is 2.90 bits per heavy atom. The molecule has 104 valence electrons. The third-order valence-electron chi connectivity index (χ3n) is 4.84. The van der Waals surface area contributed by atoms with Gasteiger partial charge in [-0.15, -0.1) is 0 Å². The van der Waals surface area contributed by atoms with Crippen LogP contribution in [-0.4, -0.2) is 11.7 Å². The van der Waals surface area contributed by atoms with Crippen molar-refractivity contribution in [1.82, 2.24) is 0 Å². The SMILES string of the molecule is CC(CCCO)(C1=CC=CC1)C1C=Cc2ccccc21. The van der Waals surface area contributed by atoms with E-state index in [2.05, 4.69) is 61.6 Å². The van der Waals surface area contributed by atoms with Gasteiger partial charge in [-0.05, 0) is 35.8 Å². The molecule has 0 amide bonds. The average molecular weight is 266 g/mol. The first-order valence-corrected chi connectivity index (χ1v) is 7.50. The normalized spacial score (nSPS) is 22.7. The summed E-state index contributed by atoms with van der Waals surface area (Å²) >= 11 is 0. The van der Waals surface area contributed by atoms with E-state index in [4.69, 9.17) is 0 Å². The standard InChI is InChI=1S/C19H22O/c1-19(13-6-14-20,16-8-3-4-9-16)18-12-11-15-7-2-5-10-17(15)18/h2-5,7-8,10-12,18,20H,6,9,13-14H2,1H3. The van der Waals surface area contributed by atoms with E-state index in [1.54, 1.807) is 0 Å². The van der Waals surface area contributed by atoms with Crippen LogP contribution < -0.4 is 0 Å². The fourth-order valence-corrected chi connectivity index (χ4v) is 3.64. The number of aliphatic hydroxyl groups excluding tert-OH is 1. The van der Waals surface area contributed by atoms with Crippen LogP contribution in [0.2, 0.25) is 0 Å². The molecule has 20 heavy (non-hydrogen) atoms. The summed E-state index contributed by atoms with van der Waals surface area (Å²) in [6.07, 6.45) is 14.2. The van der Waals surface area contributed by atoms with Gasteiger partial charge in [0.05, 0.1) is 0 Å². The summed E-state index contributed by atoms with van der Waals surface area (Å²) in [6.45, 7) is 2.63. The molecule has 2 atom stereocenters. The Hall–Kier alpha value is -1.60. The van der Waals surface area contributed by atoms with Gasteiger partial charge in [-0.1, -0.05) is 67.1 Å². The summed E-state index contributed by atoms with van der Waals surface area (Å²) in [4.78, 5) is 0. The predicted octanol–water partition coefficient (Wildman–Crippen LogP) is 4.46. The quantitative estimate of drug-likeness (QED) is 0.834. The molecule has 0 spiro atoms. The molecule has 2 unspecified atom stereocenters. The van der Waals surface area contributed by atoms with Gasteiger partial charge in [0, 0.05) is 12.5 Å². The molecule has 1 nitrogen and oxygen atoms in total. The second-order valence-corrected chi connectivity index (χ2v) is 6.03. The molecule has 0 aliphatic heterocycles. The lowest BCUT2D eigenvalue weighted by atomic mass is 9.66. The number of rotatable bonds is 5. The zero-order chi connectivity index (χ0) is 14.0. The second kappa shape index (κ2) is 5.41. The minimum Gasteiger partial charge on any atom is -0.396 e. The van der Waals surface area contributed by atoms with Gasteiger partial charge >= 0.3 is 0 Å². The van der Waals surface area contributed by atoms with Crippen LogP contribution in [0, 0.1) is 5.41 Å². The van der Waals surface area contributed by atoms with Crippen molar-refractivity contribution in [2.75, 3.05) is 6.61 Å². The molecule has 0 bridgehead atoms. The molecule has 1 aromatic carbocycles. The Kier molecular flexibility index (Phi) is 3.62. The molecule has 0 heterocycles. The van der Waals surface area contributed by atoms with Crippen LogP contribution >= 0.6 is 0 Å². The van der Waals surface area contributed by atoms with Gasteiger partial charge in [0.2, 0.25) is 0 Å². The van der Waals surface area contributed by atoms with Crippen LogP contribution in [0.3, 0.4) is 0 Å². The van der Waals surface area contributed by atoms with Gasteiger partial charge < -0.3 is 5.11 Å². The van der Waals surface area contributed by atoms with Gasteiger partial charge in [-0.25, -0.2) is 0 Å². The Morgan fingerprint density at radius 1 is 1.30 bits per heavy atom. The van der Waals surface area contributed by atoms with E-state index in [-0.39, 0.29) is 12.0 Å². The van der Waals surface area contributed by atoms with E-state index in [1.807, 2.05) is 0 Å². The van der Waals surface area contributed by atoms with Crippen molar-refractivity contribution < 1.29 is 5.11 Å². The van der Waals surface area contributed by atoms with Crippen LogP contribution in [-0.2, 0) is 0 Å². The summed E-state index contributed by atoms with van der Waals surface area (Å²) in [5, 5.41) is 9.26. The van der Waals surface area contributed by atoms with E-state index in [0.29, 0.717) is 5.92 Å². The molecule has 0 fully saturated rings. The van der Waals surface area contributed by atoms with Crippen LogP contribution in [0.5, 0.6) is 0 Å². The van der Waals surface area contributed by atoms with Crippen molar-refractivity contribution in [2.45, 2.75) is 32.1 Å². The van der Waals surface area contributed by atoms with Gasteiger partial charge in [-0.3, -0.25) is 0 Å². The summed E-state index contributed by atoms with van der Waals surface area (Å²) in [5.41, 5.74) is 4.38. The summed E-state index contributed by atoms with van der Waals surface area (Å²) in [5.74, 6) is 0.427. The van der Waals surface area contributed by atoms with Crippen LogP contribution in [0.25, 0.3) is 6.08 Å². The fraction of sp³-hybridized carbons (Fsp3) is 0.368. The lowest BCUT2D eigenvalue weighted by molar-refractivity contribution is 0.239. The molecule has 2 aliphatic carbocycles. The van der Waals surface area contributed by atoms with Gasteiger partial charge in [0.1, 0.15) is 0 Å².